The Hall–Kier alpha value is -1.55. The molecule has 0 bridgehead atoms. The molecular weight excluding hydrogens is 228 g/mol. The van der Waals surface area contributed by atoms with Crippen molar-refractivity contribution >= 4 is 22.5 Å². The lowest BCUT2D eigenvalue weighted by Crippen LogP contribution is -2.21. The average Bonchev–Trinajstić information content (AvgIpc) is 2.29. The van der Waals surface area contributed by atoms with Gasteiger partial charge in [0.15, 0.2) is 0 Å². The van der Waals surface area contributed by atoms with Crippen LogP contribution >= 0.6 is 11.6 Å². The largest absolute Gasteiger partial charge is 0.497 e. The molecule has 0 aliphatic carbocycles. The summed E-state index contributed by atoms with van der Waals surface area (Å²) < 4.78 is 6.49. The van der Waals surface area contributed by atoms with Gasteiger partial charge in [-0.05, 0) is 36.7 Å². The van der Waals surface area contributed by atoms with Crippen LogP contribution in [-0.2, 0) is 6.54 Å². The summed E-state index contributed by atoms with van der Waals surface area (Å²) in [5.74, 6) is 0.636. The molecule has 84 valence electrons. The van der Waals surface area contributed by atoms with Gasteiger partial charge in [0.05, 0.1) is 18.0 Å². The van der Waals surface area contributed by atoms with Crippen LogP contribution in [0, 0.1) is 0 Å². The van der Waals surface area contributed by atoms with Crippen molar-refractivity contribution in [3.8, 4) is 5.75 Å². The van der Waals surface area contributed by atoms with Crippen molar-refractivity contribution < 1.29 is 4.74 Å². The van der Waals surface area contributed by atoms with Gasteiger partial charge in [0.2, 0.25) is 5.28 Å². The Labute approximate surface area is 97.4 Å². The Bertz CT molecular complexity index is 592. The minimum absolute atomic E-state index is 0.142. The van der Waals surface area contributed by atoms with Gasteiger partial charge in [0.25, 0.3) is 5.56 Å². The summed E-state index contributed by atoms with van der Waals surface area (Å²) in [5, 5.41) is 0.732. The third-order valence-electron chi connectivity index (χ3n) is 2.43. The van der Waals surface area contributed by atoms with Crippen LogP contribution in [0.5, 0.6) is 5.75 Å². The van der Waals surface area contributed by atoms with Gasteiger partial charge < -0.3 is 4.74 Å². The van der Waals surface area contributed by atoms with E-state index in [0.717, 1.165) is 0 Å². The minimum Gasteiger partial charge on any atom is -0.497 e. The van der Waals surface area contributed by atoms with Gasteiger partial charge in [-0.25, -0.2) is 4.98 Å². The summed E-state index contributed by atoms with van der Waals surface area (Å²) in [5.41, 5.74) is 0.442. The van der Waals surface area contributed by atoms with Gasteiger partial charge in [-0.1, -0.05) is 0 Å². The standard InChI is InChI=1S/C11H11ClN2O2/c1-3-14-10(15)8-6-7(16-2)4-5-9(8)13-11(14)12/h4-6H,3H2,1-2H3. The molecular formula is C11H11ClN2O2. The van der Waals surface area contributed by atoms with E-state index in [4.69, 9.17) is 16.3 Å². The molecule has 2 aromatic rings. The van der Waals surface area contributed by atoms with Gasteiger partial charge >= 0.3 is 0 Å². The lowest BCUT2D eigenvalue weighted by Gasteiger charge is -2.07. The molecule has 0 fully saturated rings. The molecule has 2 rings (SSSR count). The SMILES string of the molecule is CCn1c(Cl)nc2ccc(OC)cc2c1=O. The fourth-order valence-electron chi connectivity index (χ4n) is 1.57. The first-order valence-electron chi connectivity index (χ1n) is 4.91. The first-order valence-corrected chi connectivity index (χ1v) is 5.29. The molecule has 1 heterocycles. The summed E-state index contributed by atoms with van der Waals surface area (Å²) >= 11 is 5.90. The Kier molecular flexibility index (Phi) is 2.83. The van der Waals surface area contributed by atoms with Gasteiger partial charge in [0, 0.05) is 6.54 Å². The number of aromatic nitrogens is 2. The zero-order valence-electron chi connectivity index (χ0n) is 9.03. The predicted octanol–water partition coefficient (Wildman–Crippen LogP) is 2.08. The lowest BCUT2D eigenvalue weighted by molar-refractivity contribution is 0.415. The van der Waals surface area contributed by atoms with E-state index in [9.17, 15) is 4.79 Å². The zero-order valence-corrected chi connectivity index (χ0v) is 9.78. The van der Waals surface area contributed by atoms with Gasteiger partial charge in [0.1, 0.15) is 5.75 Å². The van der Waals surface area contributed by atoms with Crippen molar-refractivity contribution in [2.45, 2.75) is 13.5 Å². The summed E-state index contributed by atoms with van der Waals surface area (Å²) in [6, 6.07) is 5.15. The highest BCUT2D eigenvalue weighted by Gasteiger charge is 2.08. The molecule has 0 aliphatic heterocycles. The number of nitrogens with zero attached hydrogens (tertiary/aromatic N) is 2. The van der Waals surface area contributed by atoms with E-state index in [0.29, 0.717) is 23.2 Å². The van der Waals surface area contributed by atoms with E-state index in [-0.39, 0.29) is 10.8 Å². The molecule has 4 nitrogen and oxygen atoms in total. The van der Waals surface area contributed by atoms with Crippen LogP contribution in [0.1, 0.15) is 6.92 Å². The predicted molar refractivity (Wildman–Crippen MR) is 63.2 cm³/mol. The number of benzene rings is 1. The highest BCUT2D eigenvalue weighted by Crippen LogP contribution is 2.17. The summed E-state index contributed by atoms with van der Waals surface area (Å²) in [6.45, 7) is 2.35. The van der Waals surface area contributed by atoms with Crippen LogP contribution in [-0.4, -0.2) is 16.7 Å². The van der Waals surface area contributed by atoms with Crippen molar-refractivity contribution in [3.63, 3.8) is 0 Å². The number of hydrogen-bond acceptors (Lipinski definition) is 3. The first-order chi connectivity index (χ1) is 7.67. The molecule has 0 saturated heterocycles. The quantitative estimate of drug-likeness (QED) is 0.753. The van der Waals surface area contributed by atoms with Crippen molar-refractivity contribution in [2.75, 3.05) is 7.11 Å². The van der Waals surface area contributed by atoms with Crippen molar-refractivity contribution in [1.82, 2.24) is 9.55 Å². The second-order valence-corrected chi connectivity index (χ2v) is 3.65. The van der Waals surface area contributed by atoms with E-state index in [2.05, 4.69) is 4.98 Å². The average molecular weight is 239 g/mol. The Morgan fingerprint density at radius 2 is 2.25 bits per heavy atom. The van der Waals surface area contributed by atoms with Crippen molar-refractivity contribution in [2.24, 2.45) is 0 Å². The number of methoxy groups -OCH3 is 1. The molecule has 0 radical (unpaired) electrons. The van der Waals surface area contributed by atoms with E-state index >= 15 is 0 Å². The highest BCUT2D eigenvalue weighted by molar-refractivity contribution is 6.28. The van der Waals surface area contributed by atoms with Crippen LogP contribution in [0.2, 0.25) is 5.28 Å². The number of hydrogen-bond donors (Lipinski definition) is 0. The Morgan fingerprint density at radius 1 is 1.50 bits per heavy atom. The smallest absolute Gasteiger partial charge is 0.262 e. The van der Waals surface area contributed by atoms with Crippen LogP contribution in [0.3, 0.4) is 0 Å². The van der Waals surface area contributed by atoms with Crippen LogP contribution in [0.25, 0.3) is 10.9 Å². The third kappa shape index (κ3) is 1.65. The van der Waals surface area contributed by atoms with Crippen molar-refractivity contribution in [1.29, 1.82) is 0 Å². The number of fused-ring (bicyclic) bond motifs is 1. The van der Waals surface area contributed by atoms with E-state index < -0.39 is 0 Å². The Morgan fingerprint density at radius 3 is 2.88 bits per heavy atom. The maximum Gasteiger partial charge on any atom is 0.262 e. The zero-order chi connectivity index (χ0) is 11.7. The third-order valence-corrected chi connectivity index (χ3v) is 2.72. The monoisotopic (exact) mass is 238 g/mol. The second-order valence-electron chi connectivity index (χ2n) is 3.31. The molecule has 0 amide bonds. The van der Waals surface area contributed by atoms with Gasteiger partial charge in [-0.3, -0.25) is 9.36 Å². The maximum atomic E-state index is 12.0. The van der Waals surface area contributed by atoms with Crippen LogP contribution in [0.4, 0.5) is 0 Å². The normalized spacial score (nSPS) is 10.7. The second kappa shape index (κ2) is 4.14. The van der Waals surface area contributed by atoms with E-state index in [1.165, 1.54) is 4.57 Å². The van der Waals surface area contributed by atoms with Crippen LogP contribution in [0.15, 0.2) is 23.0 Å². The fraction of sp³-hybridized carbons (Fsp3) is 0.273. The molecule has 0 spiro atoms. The Balaban J connectivity index is 2.84. The van der Waals surface area contributed by atoms with E-state index in [1.807, 2.05) is 6.92 Å². The highest BCUT2D eigenvalue weighted by atomic mass is 35.5. The summed E-state index contributed by atoms with van der Waals surface area (Å²) in [4.78, 5) is 16.2. The van der Waals surface area contributed by atoms with Crippen molar-refractivity contribution in [3.05, 3.63) is 33.8 Å². The summed E-state index contributed by atoms with van der Waals surface area (Å²) in [7, 11) is 1.56. The van der Waals surface area contributed by atoms with Gasteiger partial charge in [-0.15, -0.1) is 0 Å². The molecule has 1 aromatic carbocycles. The molecule has 0 unspecified atom stereocenters. The molecule has 0 atom stereocenters. The fourth-order valence-corrected chi connectivity index (χ4v) is 1.86. The first kappa shape index (κ1) is 11.0. The summed E-state index contributed by atoms with van der Waals surface area (Å²) in [6.07, 6.45) is 0. The van der Waals surface area contributed by atoms with E-state index in [1.54, 1.807) is 25.3 Å². The molecule has 0 saturated carbocycles. The topological polar surface area (TPSA) is 44.1 Å². The lowest BCUT2D eigenvalue weighted by atomic mass is 10.2. The van der Waals surface area contributed by atoms with Gasteiger partial charge in [-0.2, -0.15) is 0 Å². The molecule has 0 N–H and O–H groups in total. The maximum absolute atomic E-state index is 12.0. The molecule has 16 heavy (non-hydrogen) atoms. The number of rotatable bonds is 2. The van der Waals surface area contributed by atoms with Crippen LogP contribution < -0.4 is 10.3 Å². The molecule has 1 aromatic heterocycles. The minimum atomic E-state index is -0.142. The number of halogens is 1. The molecule has 0 aliphatic rings. The number of ether oxygens (including phenoxy) is 1. The molecule has 5 heteroatoms.